The fourth-order valence-corrected chi connectivity index (χ4v) is 11.6. The van der Waals surface area contributed by atoms with E-state index >= 15 is 0 Å². The first-order chi connectivity index (χ1) is 33.5. The average molecular weight is 1040 g/mol. The summed E-state index contributed by atoms with van der Waals surface area (Å²) in [6.07, 6.45) is 35.6. The fraction of sp³-hybridized carbons (Fsp3) is 0.438. The van der Waals surface area contributed by atoms with Crippen molar-refractivity contribution in [1.29, 1.82) is 0 Å². The number of hydrogen-bond donors (Lipinski definition) is 0. The van der Waals surface area contributed by atoms with Crippen LogP contribution >= 0.6 is 31.9 Å². The molecule has 0 saturated carbocycles. The molecule has 0 aliphatic carbocycles. The number of aryl methyl sites for hydroxylation is 2. The van der Waals surface area contributed by atoms with Gasteiger partial charge in [-0.3, -0.25) is 0 Å². The van der Waals surface area contributed by atoms with Crippen LogP contribution in [0.5, 0.6) is 0 Å². The number of benzene rings is 6. The minimum absolute atomic E-state index is 1.12. The fourth-order valence-electron chi connectivity index (χ4n) is 10.9. The van der Waals surface area contributed by atoms with Crippen molar-refractivity contribution in [3.05, 3.63) is 141 Å². The molecule has 0 spiro atoms. The van der Waals surface area contributed by atoms with Gasteiger partial charge in [-0.1, -0.05) is 223 Å². The molecule has 0 amide bonds. The van der Waals surface area contributed by atoms with Gasteiger partial charge in [0.2, 0.25) is 0 Å². The summed E-state index contributed by atoms with van der Waals surface area (Å²) in [4.78, 5) is 0. The van der Waals surface area contributed by atoms with E-state index in [0.29, 0.717) is 0 Å². The largest absolute Gasteiger partial charge is 0.309 e. The molecule has 2 aromatic heterocycles. The summed E-state index contributed by atoms with van der Waals surface area (Å²) >= 11 is 7.58. The second-order valence-electron chi connectivity index (χ2n) is 20.1. The zero-order valence-electron chi connectivity index (χ0n) is 41.6. The van der Waals surface area contributed by atoms with Gasteiger partial charge in [0.1, 0.15) is 0 Å². The predicted octanol–water partition coefficient (Wildman–Crippen LogP) is 21.6. The zero-order valence-corrected chi connectivity index (χ0v) is 44.8. The number of fused-ring (bicyclic) bond motifs is 6. The van der Waals surface area contributed by atoms with E-state index < -0.39 is 0 Å². The van der Waals surface area contributed by atoms with Gasteiger partial charge in [-0.25, -0.2) is 0 Å². The minimum atomic E-state index is 1.12. The molecule has 0 aliphatic heterocycles. The molecule has 0 bridgehead atoms. The van der Waals surface area contributed by atoms with Crippen molar-refractivity contribution in [2.24, 2.45) is 0 Å². The summed E-state index contributed by atoms with van der Waals surface area (Å²) in [5.41, 5.74) is 12.8. The molecule has 358 valence electrons. The maximum absolute atomic E-state index is 3.79. The summed E-state index contributed by atoms with van der Waals surface area (Å²) in [5.74, 6) is 0. The standard InChI is InChI=1S/C64H78Br2N2/c1-3-5-7-9-11-13-15-17-19-21-23-25-27-49-29-41-61-57(45-49)59-47-53(65)35-43-63(59)67(61)55-37-31-51(32-38-55)52-33-39-56(40-34-52)68-62-42-30-50(46-58(62)60-48-54(66)36-44-64(60)68)28-26-24-22-20-18-16-14-12-10-8-6-4-2/h29-48H,3-28H2,1-2H3. The van der Waals surface area contributed by atoms with E-state index in [9.17, 15) is 0 Å². The lowest BCUT2D eigenvalue weighted by atomic mass is 10.0. The van der Waals surface area contributed by atoms with Crippen LogP contribution in [-0.4, -0.2) is 9.13 Å². The first kappa shape index (κ1) is 50.3. The lowest BCUT2D eigenvalue weighted by Gasteiger charge is -2.11. The van der Waals surface area contributed by atoms with Crippen molar-refractivity contribution in [3.63, 3.8) is 0 Å². The third-order valence-corrected chi connectivity index (χ3v) is 15.8. The molecule has 0 N–H and O–H groups in total. The molecule has 2 heterocycles. The topological polar surface area (TPSA) is 9.86 Å². The minimum Gasteiger partial charge on any atom is -0.309 e. The third-order valence-electron chi connectivity index (χ3n) is 14.8. The Bertz CT molecular complexity index is 2600. The predicted molar refractivity (Wildman–Crippen MR) is 306 cm³/mol. The van der Waals surface area contributed by atoms with Crippen LogP contribution in [-0.2, 0) is 12.8 Å². The first-order valence-corrected chi connectivity index (χ1v) is 28.8. The van der Waals surface area contributed by atoms with Crippen LogP contribution in [0.15, 0.2) is 130 Å². The van der Waals surface area contributed by atoms with E-state index in [1.165, 1.54) is 231 Å². The van der Waals surface area contributed by atoms with E-state index in [4.69, 9.17) is 0 Å². The Morgan fingerprint density at radius 1 is 0.294 bits per heavy atom. The monoisotopic (exact) mass is 1030 g/mol. The van der Waals surface area contributed by atoms with E-state index in [1.807, 2.05) is 0 Å². The van der Waals surface area contributed by atoms with E-state index in [1.54, 1.807) is 0 Å². The summed E-state index contributed by atoms with van der Waals surface area (Å²) in [7, 11) is 0. The van der Waals surface area contributed by atoms with Crippen LogP contribution in [0.2, 0.25) is 0 Å². The highest BCUT2D eigenvalue weighted by atomic mass is 79.9. The maximum atomic E-state index is 3.79. The third kappa shape index (κ3) is 13.2. The van der Waals surface area contributed by atoms with Gasteiger partial charge in [0.25, 0.3) is 0 Å². The first-order valence-electron chi connectivity index (χ1n) is 27.2. The molecule has 6 aromatic carbocycles. The Kier molecular flexibility index (Phi) is 19.4. The van der Waals surface area contributed by atoms with Crippen LogP contribution in [0.1, 0.15) is 179 Å². The van der Waals surface area contributed by atoms with Crippen molar-refractivity contribution < 1.29 is 0 Å². The van der Waals surface area contributed by atoms with Gasteiger partial charge < -0.3 is 9.13 Å². The second kappa shape index (κ2) is 26.2. The van der Waals surface area contributed by atoms with Crippen LogP contribution in [0, 0.1) is 0 Å². The average Bonchev–Trinajstić information content (AvgIpc) is 3.85. The Labute approximate surface area is 426 Å². The molecule has 0 fully saturated rings. The molecule has 0 unspecified atom stereocenters. The van der Waals surface area contributed by atoms with Crippen molar-refractivity contribution in [2.75, 3.05) is 0 Å². The molecule has 4 heteroatoms. The van der Waals surface area contributed by atoms with Crippen LogP contribution in [0.25, 0.3) is 66.1 Å². The van der Waals surface area contributed by atoms with Crippen molar-refractivity contribution >= 4 is 75.5 Å². The van der Waals surface area contributed by atoms with Crippen molar-refractivity contribution in [2.45, 2.75) is 181 Å². The molecule has 8 rings (SSSR count). The Balaban J connectivity index is 0.901. The second-order valence-corrected chi connectivity index (χ2v) is 21.9. The highest BCUT2D eigenvalue weighted by Crippen LogP contribution is 2.37. The van der Waals surface area contributed by atoms with Crippen molar-refractivity contribution in [1.82, 2.24) is 9.13 Å². The number of aromatic nitrogens is 2. The number of nitrogens with zero attached hydrogens (tertiary/aromatic N) is 2. The van der Waals surface area contributed by atoms with Gasteiger partial charge in [0.15, 0.2) is 0 Å². The highest BCUT2D eigenvalue weighted by molar-refractivity contribution is 9.10. The number of unbranched alkanes of at least 4 members (excludes halogenated alkanes) is 22. The van der Waals surface area contributed by atoms with Crippen LogP contribution in [0.4, 0.5) is 0 Å². The zero-order chi connectivity index (χ0) is 46.9. The maximum Gasteiger partial charge on any atom is 0.0541 e. The van der Waals surface area contributed by atoms with Gasteiger partial charge in [-0.15, -0.1) is 0 Å². The van der Waals surface area contributed by atoms with Gasteiger partial charge in [-0.05, 0) is 133 Å². The summed E-state index contributed by atoms with van der Waals surface area (Å²) in [6, 6.07) is 46.2. The molecular formula is C64H78Br2N2. The Hall–Kier alpha value is -4.12. The van der Waals surface area contributed by atoms with E-state index in [0.717, 1.165) is 21.8 Å². The molecule has 68 heavy (non-hydrogen) atoms. The van der Waals surface area contributed by atoms with Gasteiger partial charge in [-0.2, -0.15) is 0 Å². The Morgan fingerprint density at radius 2 is 0.574 bits per heavy atom. The van der Waals surface area contributed by atoms with Gasteiger partial charge in [0, 0.05) is 41.9 Å². The number of rotatable bonds is 29. The van der Waals surface area contributed by atoms with Crippen LogP contribution < -0.4 is 0 Å². The summed E-state index contributed by atoms with van der Waals surface area (Å²) < 4.78 is 7.14. The molecule has 0 saturated heterocycles. The lowest BCUT2D eigenvalue weighted by Crippen LogP contribution is -1.95. The lowest BCUT2D eigenvalue weighted by molar-refractivity contribution is 0.544. The molecule has 0 radical (unpaired) electrons. The molecule has 0 atom stereocenters. The molecular weight excluding hydrogens is 957 g/mol. The normalized spacial score (nSPS) is 11.9. The van der Waals surface area contributed by atoms with Crippen LogP contribution in [0.3, 0.4) is 0 Å². The summed E-state index contributed by atoms with van der Waals surface area (Å²) in [5, 5.41) is 5.29. The van der Waals surface area contributed by atoms with Crippen molar-refractivity contribution in [3.8, 4) is 22.5 Å². The van der Waals surface area contributed by atoms with E-state index in [2.05, 4.69) is 176 Å². The molecule has 2 nitrogen and oxygen atoms in total. The number of hydrogen-bond acceptors (Lipinski definition) is 0. The molecule has 8 aromatic rings. The smallest absolute Gasteiger partial charge is 0.0541 e. The summed E-state index contributed by atoms with van der Waals surface area (Å²) in [6.45, 7) is 4.60. The quantitative estimate of drug-likeness (QED) is 0.0414. The SMILES string of the molecule is CCCCCCCCCCCCCCc1ccc2c(c1)c1cc(Br)ccc1n2-c1ccc(-c2ccc(-n3c4ccc(Br)cc4c4cc(CCCCCCCCCCCCCC)ccc43)cc2)cc1. The van der Waals surface area contributed by atoms with Gasteiger partial charge >= 0.3 is 0 Å². The Morgan fingerprint density at radius 3 is 0.897 bits per heavy atom. The number of halogens is 2. The highest BCUT2D eigenvalue weighted by Gasteiger charge is 2.16. The van der Waals surface area contributed by atoms with Gasteiger partial charge in [0.05, 0.1) is 22.1 Å². The molecule has 0 aliphatic rings. The van der Waals surface area contributed by atoms with E-state index in [-0.39, 0.29) is 0 Å².